The number of rotatable bonds is 2. The minimum atomic E-state index is -0.267. The molecule has 2 N–H and O–H groups in total. The summed E-state index contributed by atoms with van der Waals surface area (Å²) in [5, 5.41) is 8.96. The Hall–Kier alpha value is -1.86. The Morgan fingerprint density at radius 3 is 2.53 bits per heavy atom. The van der Waals surface area contributed by atoms with Crippen molar-refractivity contribution in [1.29, 1.82) is 5.26 Å². The third kappa shape index (κ3) is 2.02. The van der Waals surface area contributed by atoms with Crippen LogP contribution in [0.25, 0.3) is 10.4 Å². The Bertz CT molecular complexity index is 579. The lowest BCUT2D eigenvalue weighted by atomic mass is 10.1. The van der Waals surface area contributed by atoms with Crippen molar-refractivity contribution < 1.29 is 4.39 Å². The van der Waals surface area contributed by atoms with Crippen LogP contribution < -0.4 is 5.73 Å². The molecule has 0 saturated heterocycles. The molecule has 0 amide bonds. The Morgan fingerprint density at radius 2 is 2.00 bits per heavy atom. The molecule has 0 aliphatic heterocycles. The standard InChI is InChI=1S/C13H11FN2S/c1-2-10-12(16)11(7-15)17-13(10)8-3-5-9(14)6-4-8/h3-6H,2,16H2,1H3. The molecule has 0 aliphatic carbocycles. The maximum Gasteiger partial charge on any atom is 0.128 e. The van der Waals surface area contributed by atoms with Crippen molar-refractivity contribution >= 4 is 17.0 Å². The van der Waals surface area contributed by atoms with Gasteiger partial charge in [-0.2, -0.15) is 5.26 Å². The fraction of sp³-hybridized carbons (Fsp3) is 0.154. The number of nitrogen functional groups attached to an aromatic ring is 1. The summed E-state index contributed by atoms with van der Waals surface area (Å²) in [7, 11) is 0. The Morgan fingerprint density at radius 1 is 1.35 bits per heavy atom. The van der Waals surface area contributed by atoms with Gasteiger partial charge in [-0.1, -0.05) is 19.1 Å². The average molecular weight is 246 g/mol. The number of nitrogens with zero attached hydrogens (tertiary/aromatic N) is 1. The number of thiophene rings is 1. The Balaban J connectivity index is 2.59. The molecule has 2 aromatic rings. The zero-order chi connectivity index (χ0) is 12.4. The molecule has 0 atom stereocenters. The summed E-state index contributed by atoms with van der Waals surface area (Å²) in [5.74, 6) is -0.267. The van der Waals surface area contributed by atoms with Crippen molar-refractivity contribution in [3.8, 4) is 16.5 Å². The minimum Gasteiger partial charge on any atom is -0.397 e. The molecule has 2 rings (SSSR count). The maximum absolute atomic E-state index is 12.9. The average Bonchev–Trinajstić information content (AvgIpc) is 2.66. The summed E-state index contributed by atoms with van der Waals surface area (Å²) in [6.07, 6.45) is 0.761. The van der Waals surface area contributed by atoms with Crippen LogP contribution in [0.2, 0.25) is 0 Å². The van der Waals surface area contributed by atoms with Crippen LogP contribution in [0.15, 0.2) is 24.3 Å². The lowest BCUT2D eigenvalue weighted by Gasteiger charge is -2.02. The third-order valence-corrected chi connectivity index (χ3v) is 3.81. The summed E-state index contributed by atoms with van der Waals surface area (Å²) < 4.78 is 12.9. The SMILES string of the molecule is CCc1c(-c2ccc(F)cc2)sc(C#N)c1N. The lowest BCUT2D eigenvalue weighted by Crippen LogP contribution is -1.91. The molecule has 0 fully saturated rings. The number of nitrogens with two attached hydrogens (primary N) is 1. The molecule has 1 aromatic heterocycles. The van der Waals surface area contributed by atoms with E-state index in [1.54, 1.807) is 12.1 Å². The number of hydrogen-bond acceptors (Lipinski definition) is 3. The first-order valence-electron chi connectivity index (χ1n) is 5.24. The van der Waals surface area contributed by atoms with E-state index in [2.05, 4.69) is 6.07 Å². The minimum absolute atomic E-state index is 0.267. The van der Waals surface area contributed by atoms with Gasteiger partial charge in [-0.05, 0) is 29.7 Å². The molecule has 0 aliphatic rings. The van der Waals surface area contributed by atoms with Crippen molar-refractivity contribution in [2.24, 2.45) is 0 Å². The second kappa shape index (κ2) is 4.56. The van der Waals surface area contributed by atoms with Crippen LogP contribution in [-0.2, 0) is 6.42 Å². The second-order valence-corrected chi connectivity index (χ2v) is 4.65. The molecule has 4 heteroatoms. The van der Waals surface area contributed by atoms with Gasteiger partial charge in [0.1, 0.15) is 16.8 Å². The molecule has 0 radical (unpaired) electrons. The number of halogens is 1. The van der Waals surface area contributed by atoms with E-state index in [1.165, 1.54) is 23.5 Å². The van der Waals surface area contributed by atoms with Crippen LogP contribution >= 0.6 is 11.3 Å². The lowest BCUT2D eigenvalue weighted by molar-refractivity contribution is 0.628. The van der Waals surface area contributed by atoms with Crippen LogP contribution in [-0.4, -0.2) is 0 Å². The van der Waals surface area contributed by atoms with Gasteiger partial charge in [0.25, 0.3) is 0 Å². The highest BCUT2D eigenvalue weighted by molar-refractivity contribution is 7.16. The van der Waals surface area contributed by atoms with E-state index in [1.807, 2.05) is 6.92 Å². The highest BCUT2D eigenvalue weighted by Gasteiger charge is 2.15. The predicted octanol–water partition coefficient (Wildman–Crippen LogP) is 3.57. The largest absolute Gasteiger partial charge is 0.397 e. The van der Waals surface area contributed by atoms with E-state index in [0.717, 1.165) is 22.4 Å². The van der Waals surface area contributed by atoms with Gasteiger partial charge >= 0.3 is 0 Å². The van der Waals surface area contributed by atoms with E-state index in [0.29, 0.717) is 10.6 Å². The Kier molecular flexibility index (Phi) is 3.12. The summed E-state index contributed by atoms with van der Waals surface area (Å²) in [6.45, 7) is 1.99. The Labute approximate surface area is 103 Å². The summed E-state index contributed by atoms with van der Waals surface area (Å²) in [5.41, 5.74) is 8.34. The topological polar surface area (TPSA) is 49.8 Å². The monoisotopic (exact) mass is 246 g/mol. The van der Waals surface area contributed by atoms with E-state index in [4.69, 9.17) is 11.0 Å². The quantitative estimate of drug-likeness (QED) is 0.880. The number of hydrogen-bond donors (Lipinski definition) is 1. The van der Waals surface area contributed by atoms with E-state index in [-0.39, 0.29) is 5.82 Å². The van der Waals surface area contributed by atoms with Gasteiger partial charge in [-0.25, -0.2) is 4.39 Å². The van der Waals surface area contributed by atoms with Crippen LogP contribution in [0, 0.1) is 17.1 Å². The van der Waals surface area contributed by atoms with Crippen molar-refractivity contribution in [1.82, 2.24) is 0 Å². The molecule has 1 aromatic carbocycles. The number of benzene rings is 1. The van der Waals surface area contributed by atoms with Crippen molar-refractivity contribution in [2.75, 3.05) is 5.73 Å². The third-order valence-electron chi connectivity index (χ3n) is 2.61. The van der Waals surface area contributed by atoms with Crippen LogP contribution in [0.5, 0.6) is 0 Å². The van der Waals surface area contributed by atoms with Crippen LogP contribution in [0.1, 0.15) is 17.4 Å². The van der Waals surface area contributed by atoms with Crippen LogP contribution in [0.4, 0.5) is 10.1 Å². The van der Waals surface area contributed by atoms with Gasteiger partial charge in [0, 0.05) is 4.88 Å². The summed E-state index contributed by atoms with van der Waals surface area (Å²) in [6, 6.07) is 8.34. The van der Waals surface area contributed by atoms with Crippen molar-refractivity contribution in [2.45, 2.75) is 13.3 Å². The van der Waals surface area contributed by atoms with Gasteiger partial charge in [-0.15, -0.1) is 11.3 Å². The first-order chi connectivity index (χ1) is 8.17. The molecular formula is C13H11FN2S. The van der Waals surface area contributed by atoms with Crippen molar-refractivity contribution in [3.05, 3.63) is 40.5 Å². The molecular weight excluding hydrogens is 235 g/mol. The highest BCUT2D eigenvalue weighted by Crippen LogP contribution is 2.38. The van der Waals surface area contributed by atoms with Gasteiger partial charge in [-0.3, -0.25) is 0 Å². The number of nitriles is 1. The fourth-order valence-electron chi connectivity index (χ4n) is 1.75. The fourth-order valence-corrected chi connectivity index (χ4v) is 2.86. The summed E-state index contributed by atoms with van der Waals surface area (Å²) in [4.78, 5) is 1.49. The van der Waals surface area contributed by atoms with Crippen LogP contribution in [0.3, 0.4) is 0 Å². The molecule has 0 spiro atoms. The normalized spacial score (nSPS) is 10.2. The molecule has 2 nitrogen and oxygen atoms in total. The van der Waals surface area contributed by atoms with Gasteiger partial charge < -0.3 is 5.73 Å². The number of anilines is 1. The first-order valence-corrected chi connectivity index (χ1v) is 6.06. The molecule has 86 valence electrons. The molecule has 0 bridgehead atoms. The van der Waals surface area contributed by atoms with E-state index >= 15 is 0 Å². The molecule has 17 heavy (non-hydrogen) atoms. The highest BCUT2D eigenvalue weighted by atomic mass is 32.1. The zero-order valence-corrected chi connectivity index (χ0v) is 10.1. The summed E-state index contributed by atoms with van der Waals surface area (Å²) >= 11 is 1.36. The smallest absolute Gasteiger partial charge is 0.128 e. The van der Waals surface area contributed by atoms with E-state index < -0.39 is 0 Å². The molecule has 0 unspecified atom stereocenters. The van der Waals surface area contributed by atoms with Gasteiger partial charge in [0.15, 0.2) is 0 Å². The first kappa shape index (κ1) is 11.6. The van der Waals surface area contributed by atoms with Gasteiger partial charge in [0.2, 0.25) is 0 Å². The van der Waals surface area contributed by atoms with Crippen molar-refractivity contribution in [3.63, 3.8) is 0 Å². The maximum atomic E-state index is 12.9. The zero-order valence-electron chi connectivity index (χ0n) is 9.33. The predicted molar refractivity (Wildman–Crippen MR) is 68.2 cm³/mol. The van der Waals surface area contributed by atoms with Gasteiger partial charge in [0.05, 0.1) is 5.69 Å². The molecule has 1 heterocycles. The molecule has 0 saturated carbocycles. The van der Waals surface area contributed by atoms with E-state index in [9.17, 15) is 4.39 Å². The second-order valence-electron chi connectivity index (χ2n) is 3.62.